The molecule has 3 N–H and O–H groups in total. The zero-order valence-corrected chi connectivity index (χ0v) is 11.0. The zero-order chi connectivity index (χ0) is 14.0. The van der Waals surface area contributed by atoms with Crippen LogP contribution in [0.25, 0.3) is 11.4 Å². The van der Waals surface area contributed by atoms with E-state index in [-0.39, 0.29) is 27.3 Å². The number of aromatic nitrogens is 3. The first-order chi connectivity index (χ1) is 9.00. The highest BCUT2D eigenvalue weighted by Crippen LogP contribution is 2.27. The largest absolute Gasteiger partial charge is 0.481 e. The molecule has 100 valence electrons. The second kappa shape index (κ2) is 5.45. The normalized spacial score (nSPS) is 10.6. The smallest absolute Gasteiger partial charge is 0.313 e. The summed E-state index contributed by atoms with van der Waals surface area (Å²) in [7, 11) is 0. The Bertz CT molecular complexity index is 634. The predicted octanol–water partition coefficient (Wildman–Crippen LogP) is 1.63. The zero-order valence-electron chi connectivity index (χ0n) is 9.38. The number of benzene rings is 1. The van der Waals surface area contributed by atoms with Crippen LogP contribution in [-0.2, 0) is 4.79 Å². The average Bonchev–Trinajstić information content (AvgIpc) is 2.72. The third-order valence-electron chi connectivity index (χ3n) is 2.18. The van der Waals surface area contributed by atoms with Crippen molar-refractivity contribution < 1.29 is 14.3 Å². The van der Waals surface area contributed by atoms with Crippen molar-refractivity contribution in [1.29, 1.82) is 0 Å². The highest BCUT2D eigenvalue weighted by Gasteiger charge is 2.17. The molecule has 0 unspecified atom stereocenters. The van der Waals surface area contributed by atoms with Gasteiger partial charge in [-0.15, -0.1) is 10.2 Å². The van der Waals surface area contributed by atoms with Gasteiger partial charge in [0.15, 0.2) is 11.6 Å². The minimum Gasteiger partial charge on any atom is -0.481 e. The quantitative estimate of drug-likeness (QED) is 0.658. The standard InChI is InChI=1S/C10H8ClFN4O2S/c11-6-3-1-2-5(8(6)12)9-14-15-10(16(9)13)19-4-7(17)18/h1-3H,4,13H2,(H,17,18). The molecule has 19 heavy (non-hydrogen) atoms. The molecular formula is C10H8ClFN4O2S. The summed E-state index contributed by atoms with van der Waals surface area (Å²) >= 11 is 6.56. The van der Waals surface area contributed by atoms with E-state index in [0.717, 1.165) is 16.4 Å². The van der Waals surface area contributed by atoms with Crippen LogP contribution in [0, 0.1) is 5.82 Å². The van der Waals surface area contributed by atoms with Gasteiger partial charge in [-0.2, -0.15) is 0 Å². The summed E-state index contributed by atoms with van der Waals surface area (Å²) in [6.45, 7) is 0. The van der Waals surface area contributed by atoms with E-state index in [9.17, 15) is 9.18 Å². The molecule has 0 radical (unpaired) electrons. The Hall–Kier alpha value is -1.80. The summed E-state index contributed by atoms with van der Waals surface area (Å²) < 4.78 is 14.9. The number of nitrogens with two attached hydrogens (primary N) is 1. The average molecular weight is 303 g/mol. The first kappa shape index (κ1) is 13.6. The number of carbonyl (C=O) groups is 1. The maximum absolute atomic E-state index is 13.8. The minimum atomic E-state index is -1.01. The summed E-state index contributed by atoms with van der Waals surface area (Å²) in [6, 6.07) is 4.41. The summed E-state index contributed by atoms with van der Waals surface area (Å²) in [5.41, 5.74) is 0.102. The Morgan fingerprint density at radius 1 is 1.53 bits per heavy atom. The Morgan fingerprint density at radius 2 is 2.26 bits per heavy atom. The molecule has 0 aliphatic carbocycles. The number of thioether (sulfide) groups is 1. The van der Waals surface area contributed by atoms with E-state index in [1.165, 1.54) is 12.1 Å². The molecule has 0 bridgehead atoms. The Kier molecular flexibility index (Phi) is 3.91. The van der Waals surface area contributed by atoms with Gasteiger partial charge in [0.25, 0.3) is 0 Å². The van der Waals surface area contributed by atoms with Crippen molar-refractivity contribution in [3.05, 3.63) is 29.0 Å². The molecule has 0 saturated heterocycles. The molecule has 0 amide bonds. The van der Waals surface area contributed by atoms with Crippen LogP contribution in [0.2, 0.25) is 5.02 Å². The molecule has 0 spiro atoms. The van der Waals surface area contributed by atoms with Crippen molar-refractivity contribution in [3.8, 4) is 11.4 Å². The Labute approximate surface area is 116 Å². The molecular weight excluding hydrogens is 295 g/mol. The van der Waals surface area contributed by atoms with E-state index in [4.69, 9.17) is 22.6 Å². The summed E-state index contributed by atoms with van der Waals surface area (Å²) in [4.78, 5) is 10.5. The lowest BCUT2D eigenvalue weighted by Gasteiger charge is -2.04. The van der Waals surface area contributed by atoms with Gasteiger partial charge < -0.3 is 10.9 Å². The molecule has 0 atom stereocenters. The first-order valence-corrected chi connectivity index (χ1v) is 6.36. The fourth-order valence-corrected chi connectivity index (χ4v) is 2.11. The fraction of sp³-hybridized carbons (Fsp3) is 0.100. The lowest BCUT2D eigenvalue weighted by atomic mass is 10.2. The summed E-state index contributed by atoms with van der Waals surface area (Å²) in [5.74, 6) is 3.91. The molecule has 0 saturated carbocycles. The molecule has 9 heteroatoms. The van der Waals surface area contributed by atoms with Gasteiger partial charge in [-0.05, 0) is 12.1 Å². The van der Waals surface area contributed by atoms with Crippen LogP contribution in [0.5, 0.6) is 0 Å². The number of halogens is 2. The van der Waals surface area contributed by atoms with Crippen LogP contribution < -0.4 is 5.84 Å². The van der Waals surface area contributed by atoms with E-state index in [0.29, 0.717) is 0 Å². The monoisotopic (exact) mass is 302 g/mol. The van der Waals surface area contributed by atoms with Gasteiger partial charge in [0.05, 0.1) is 16.3 Å². The number of rotatable bonds is 4. The minimum absolute atomic E-state index is 0.0553. The molecule has 2 rings (SSSR count). The van der Waals surface area contributed by atoms with Crippen molar-refractivity contribution >= 4 is 29.3 Å². The number of hydrogen-bond acceptors (Lipinski definition) is 5. The van der Waals surface area contributed by atoms with Gasteiger partial charge >= 0.3 is 5.97 Å². The number of aliphatic carboxylic acids is 1. The van der Waals surface area contributed by atoms with E-state index in [1.54, 1.807) is 6.07 Å². The number of carboxylic acids is 1. The number of carboxylic acid groups (broad SMARTS) is 1. The molecule has 1 aromatic carbocycles. The molecule has 0 aliphatic heterocycles. The van der Waals surface area contributed by atoms with Crippen molar-refractivity contribution in [2.24, 2.45) is 0 Å². The van der Waals surface area contributed by atoms with Gasteiger partial charge in [0.2, 0.25) is 5.16 Å². The lowest BCUT2D eigenvalue weighted by Crippen LogP contribution is -2.13. The Morgan fingerprint density at radius 3 is 2.95 bits per heavy atom. The number of nitrogens with zero attached hydrogens (tertiary/aromatic N) is 3. The predicted molar refractivity (Wildman–Crippen MR) is 68.9 cm³/mol. The molecule has 0 aliphatic rings. The van der Waals surface area contributed by atoms with Crippen LogP contribution >= 0.6 is 23.4 Å². The summed E-state index contributed by atoms with van der Waals surface area (Å²) in [5, 5.41) is 16.1. The van der Waals surface area contributed by atoms with Crippen molar-refractivity contribution in [1.82, 2.24) is 14.9 Å². The second-order valence-electron chi connectivity index (χ2n) is 3.46. The second-order valence-corrected chi connectivity index (χ2v) is 4.81. The lowest BCUT2D eigenvalue weighted by molar-refractivity contribution is -0.133. The van der Waals surface area contributed by atoms with Crippen LogP contribution in [-0.4, -0.2) is 31.7 Å². The van der Waals surface area contributed by atoms with Gasteiger partial charge in [0.1, 0.15) is 0 Å². The maximum atomic E-state index is 13.8. The highest BCUT2D eigenvalue weighted by molar-refractivity contribution is 7.99. The van der Waals surface area contributed by atoms with Crippen molar-refractivity contribution in [2.45, 2.75) is 5.16 Å². The van der Waals surface area contributed by atoms with Gasteiger partial charge in [-0.1, -0.05) is 29.4 Å². The molecule has 1 aromatic heterocycles. The number of nitrogen functional groups attached to an aromatic ring is 1. The van der Waals surface area contributed by atoms with Gasteiger partial charge in [-0.25, -0.2) is 9.07 Å². The SMILES string of the molecule is Nn1c(SCC(=O)O)nnc1-c1cccc(Cl)c1F. The highest BCUT2D eigenvalue weighted by atomic mass is 35.5. The van der Waals surface area contributed by atoms with E-state index in [2.05, 4.69) is 10.2 Å². The van der Waals surface area contributed by atoms with Crippen molar-refractivity contribution in [2.75, 3.05) is 11.6 Å². The van der Waals surface area contributed by atoms with Crippen molar-refractivity contribution in [3.63, 3.8) is 0 Å². The third kappa shape index (κ3) is 2.79. The Balaban J connectivity index is 2.36. The number of hydrogen-bond donors (Lipinski definition) is 2. The van der Waals surface area contributed by atoms with Crippen LogP contribution in [0.3, 0.4) is 0 Å². The van der Waals surface area contributed by atoms with Crippen LogP contribution in [0.4, 0.5) is 4.39 Å². The van der Waals surface area contributed by atoms with Crippen LogP contribution in [0.15, 0.2) is 23.4 Å². The molecule has 6 nitrogen and oxygen atoms in total. The topological polar surface area (TPSA) is 94.0 Å². The fourth-order valence-electron chi connectivity index (χ4n) is 1.36. The van der Waals surface area contributed by atoms with E-state index < -0.39 is 11.8 Å². The molecule has 2 aromatic rings. The molecule has 0 fully saturated rings. The van der Waals surface area contributed by atoms with Gasteiger partial charge in [-0.3, -0.25) is 4.79 Å². The van der Waals surface area contributed by atoms with E-state index in [1.807, 2.05) is 0 Å². The van der Waals surface area contributed by atoms with Crippen LogP contribution in [0.1, 0.15) is 0 Å². The maximum Gasteiger partial charge on any atom is 0.313 e. The van der Waals surface area contributed by atoms with E-state index >= 15 is 0 Å². The third-order valence-corrected chi connectivity index (χ3v) is 3.40. The first-order valence-electron chi connectivity index (χ1n) is 5.00. The van der Waals surface area contributed by atoms with Gasteiger partial charge in [0, 0.05) is 0 Å². The molecule has 1 heterocycles. The summed E-state index contributed by atoms with van der Waals surface area (Å²) in [6.07, 6.45) is 0.